The average Bonchev–Trinajstić information content (AvgIpc) is 3.22. The summed E-state index contributed by atoms with van der Waals surface area (Å²) in [4.78, 5) is 7.16. The zero-order valence-electron chi connectivity index (χ0n) is 18.1. The molecule has 31 heavy (non-hydrogen) atoms. The van der Waals surface area contributed by atoms with Crippen molar-refractivity contribution in [3.05, 3.63) is 73.2 Å². The Hall–Kier alpha value is -3.11. The second-order valence-electron chi connectivity index (χ2n) is 8.35. The van der Waals surface area contributed by atoms with Crippen molar-refractivity contribution >= 4 is 10.9 Å². The minimum atomic E-state index is 0.884. The van der Waals surface area contributed by atoms with Crippen LogP contribution in [0.15, 0.2) is 73.2 Å². The van der Waals surface area contributed by atoms with Crippen LogP contribution in [0.25, 0.3) is 33.2 Å². The molecule has 2 aromatic heterocycles. The van der Waals surface area contributed by atoms with Gasteiger partial charge in [0.2, 0.25) is 0 Å². The highest BCUT2D eigenvalue weighted by molar-refractivity contribution is 5.97. The number of methoxy groups -OCH3 is 1. The predicted molar refractivity (Wildman–Crippen MR) is 127 cm³/mol. The van der Waals surface area contributed by atoms with Crippen molar-refractivity contribution in [3.63, 3.8) is 0 Å². The molecule has 0 N–H and O–H groups in total. The van der Waals surface area contributed by atoms with Crippen molar-refractivity contribution in [2.75, 3.05) is 26.7 Å². The Morgan fingerprint density at radius 1 is 0.839 bits per heavy atom. The van der Waals surface area contributed by atoms with Crippen molar-refractivity contribution < 1.29 is 4.74 Å². The van der Waals surface area contributed by atoms with Crippen molar-refractivity contribution in [1.29, 1.82) is 0 Å². The van der Waals surface area contributed by atoms with Crippen LogP contribution in [0.3, 0.4) is 0 Å². The zero-order chi connectivity index (χ0) is 21.0. The van der Waals surface area contributed by atoms with Gasteiger partial charge in [0.1, 0.15) is 5.75 Å². The van der Waals surface area contributed by atoms with Gasteiger partial charge in [-0.3, -0.25) is 4.98 Å². The monoisotopic (exact) mass is 411 g/mol. The first-order valence-electron chi connectivity index (χ1n) is 11.2. The second kappa shape index (κ2) is 8.94. The lowest BCUT2D eigenvalue weighted by Crippen LogP contribution is -2.32. The lowest BCUT2D eigenvalue weighted by Gasteiger charge is -2.26. The van der Waals surface area contributed by atoms with Crippen molar-refractivity contribution in [1.82, 2.24) is 14.5 Å². The third-order valence-electron chi connectivity index (χ3n) is 6.35. The van der Waals surface area contributed by atoms with Crippen LogP contribution in [-0.2, 0) is 6.54 Å². The summed E-state index contributed by atoms with van der Waals surface area (Å²) in [6.07, 6.45) is 10.2. The maximum Gasteiger partial charge on any atom is 0.119 e. The van der Waals surface area contributed by atoms with Crippen molar-refractivity contribution in [3.8, 4) is 28.0 Å². The van der Waals surface area contributed by atoms with Gasteiger partial charge in [0.25, 0.3) is 0 Å². The van der Waals surface area contributed by atoms with Gasteiger partial charge in [-0.2, -0.15) is 0 Å². The summed E-state index contributed by atoms with van der Waals surface area (Å²) in [5, 5.41) is 1.21. The number of fused-ring (bicyclic) bond motifs is 1. The fourth-order valence-electron chi connectivity index (χ4n) is 4.63. The standard InChI is InChI=1S/C27H29N3O/c1-31-24-10-11-27-25(17-24)26(20-30(27)15-14-29-12-6-3-7-13-29)23-16-22(18-28-19-23)21-8-4-2-5-9-21/h2,4-5,8-11,16-20H,3,6-7,12-15H2,1H3. The van der Waals surface area contributed by atoms with E-state index in [9.17, 15) is 0 Å². The molecule has 0 amide bonds. The van der Waals surface area contributed by atoms with E-state index in [4.69, 9.17) is 4.74 Å². The van der Waals surface area contributed by atoms with E-state index < -0.39 is 0 Å². The van der Waals surface area contributed by atoms with Crippen LogP contribution in [0.1, 0.15) is 19.3 Å². The fourth-order valence-corrected chi connectivity index (χ4v) is 4.63. The number of benzene rings is 2. The molecular weight excluding hydrogens is 382 g/mol. The number of piperidine rings is 1. The SMILES string of the molecule is COc1ccc2c(c1)c(-c1cncc(-c3ccccc3)c1)cn2CCN1CCCCC1. The lowest BCUT2D eigenvalue weighted by atomic mass is 10.0. The fraction of sp³-hybridized carbons (Fsp3) is 0.296. The first kappa shape index (κ1) is 19.8. The molecule has 0 atom stereocenters. The van der Waals surface area contributed by atoms with Gasteiger partial charge < -0.3 is 14.2 Å². The van der Waals surface area contributed by atoms with Crippen LogP contribution in [0.4, 0.5) is 0 Å². The first-order chi connectivity index (χ1) is 15.3. The highest BCUT2D eigenvalue weighted by Gasteiger charge is 2.15. The number of hydrogen-bond acceptors (Lipinski definition) is 3. The van der Waals surface area contributed by atoms with Gasteiger partial charge in [0.05, 0.1) is 7.11 Å². The Balaban J connectivity index is 1.53. The Bertz CT molecular complexity index is 1160. The van der Waals surface area contributed by atoms with Crippen LogP contribution < -0.4 is 4.74 Å². The highest BCUT2D eigenvalue weighted by atomic mass is 16.5. The van der Waals surface area contributed by atoms with E-state index in [1.54, 1.807) is 7.11 Å². The Labute approximate surface area is 184 Å². The molecule has 0 radical (unpaired) electrons. The molecule has 0 saturated carbocycles. The minimum Gasteiger partial charge on any atom is -0.497 e. The summed E-state index contributed by atoms with van der Waals surface area (Å²) in [5.41, 5.74) is 5.91. The maximum absolute atomic E-state index is 5.54. The van der Waals surface area contributed by atoms with Gasteiger partial charge in [-0.05, 0) is 55.8 Å². The molecule has 4 nitrogen and oxygen atoms in total. The molecule has 1 aliphatic heterocycles. The van der Waals surface area contributed by atoms with E-state index in [2.05, 4.69) is 69.2 Å². The predicted octanol–water partition coefficient (Wildman–Crippen LogP) is 5.86. The second-order valence-corrected chi connectivity index (χ2v) is 8.35. The van der Waals surface area contributed by atoms with Gasteiger partial charge in [-0.1, -0.05) is 36.8 Å². The van der Waals surface area contributed by atoms with Crippen LogP contribution in [0.5, 0.6) is 5.75 Å². The van der Waals surface area contributed by atoms with E-state index in [-0.39, 0.29) is 0 Å². The quantitative estimate of drug-likeness (QED) is 0.398. The van der Waals surface area contributed by atoms with Gasteiger partial charge in [0, 0.05) is 59.3 Å². The Morgan fingerprint density at radius 2 is 1.65 bits per heavy atom. The number of hydrogen-bond donors (Lipinski definition) is 0. The third-order valence-corrected chi connectivity index (χ3v) is 6.35. The average molecular weight is 412 g/mol. The molecule has 5 rings (SSSR count). The van der Waals surface area contributed by atoms with Gasteiger partial charge in [0.15, 0.2) is 0 Å². The molecule has 2 aromatic carbocycles. The molecule has 0 unspecified atom stereocenters. The first-order valence-corrected chi connectivity index (χ1v) is 11.2. The minimum absolute atomic E-state index is 0.884. The summed E-state index contributed by atoms with van der Waals surface area (Å²) in [5.74, 6) is 0.884. The molecule has 1 fully saturated rings. The summed E-state index contributed by atoms with van der Waals surface area (Å²) in [7, 11) is 1.73. The van der Waals surface area contributed by atoms with E-state index in [1.807, 2.05) is 18.5 Å². The van der Waals surface area contributed by atoms with Gasteiger partial charge in [-0.15, -0.1) is 0 Å². The Morgan fingerprint density at radius 3 is 2.45 bits per heavy atom. The molecule has 0 aliphatic carbocycles. The van der Waals surface area contributed by atoms with E-state index >= 15 is 0 Å². The van der Waals surface area contributed by atoms with E-state index in [0.29, 0.717) is 0 Å². The van der Waals surface area contributed by atoms with Crippen LogP contribution in [0, 0.1) is 0 Å². The number of ether oxygens (including phenoxy) is 1. The molecule has 0 bridgehead atoms. The van der Waals surface area contributed by atoms with Gasteiger partial charge in [-0.25, -0.2) is 0 Å². The molecule has 158 valence electrons. The highest BCUT2D eigenvalue weighted by Crippen LogP contribution is 2.34. The molecule has 1 saturated heterocycles. The third kappa shape index (κ3) is 4.21. The van der Waals surface area contributed by atoms with Crippen molar-refractivity contribution in [2.24, 2.45) is 0 Å². The molecule has 4 heteroatoms. The number of likely N-dealkylation sites (tertiary alicyclic amines) is 1. The normalized spacial score (nSPS) is 14.7. The number of aromatic nitrogens is 2. The molecule has 0 spiro atoms. The summed E-state index contributed by atoms with van der Waals surface area (Å²) < 4.78 is 7.93. The topological polar surface area (TPSA) is 30.3 Å². The summed E-state index contributed by atoms with van der Waals surface area (Å²) in [6, 6.07) is 19.1. The van der Waals surface area contributed by atoms with Crippen LogP contribution in [0.2, 0.25) is 0 Å². The maximum atomic E-state index is 5.54. The van der Waals surface area contributed by atoms with Gasteiger partial charge >= 0.3 is 0 Å². The van der Waals surface area contributed by atoms with Crippen LogP contribution in [-0.4, -0.2) is 41.2 Å². The van der Waals surface area contributed by atoms with Crippen molar-refractivity contribution in [2.45, 2.75) is 25.8 Å². The smallest absolute Gasteiger partial charge is 0.119 e. The van der Waals surface area contributed by atoms with E-state index in [0.717, 1.165) is 30.0 Å². The molecule has 1 aliphatic rings. The largest absolute Gasteiger partial charge is 0.497 e. The zero-order valence-corrected chi connectivity index (χ0v) is 18.1. The molecule has 3 heterocycles. The summed E-state index contributed by atoms with van der Waals surface area (Å²) in [6.45, 7) is 4.54. The number of pyridine rings is 1. The molecular formula is C27H29N3O. The number of rotatable bonds is 6. The van der Waals surface area contributed by atoms with E-state index in [1.165, 1.54) is 54.4 Å². The van der Waals surface area contributed by atoms with Crippen LogP contribution >= 0.6 is 0 Å². The summed E-state index contributed by atoms with van der Waals surface area (Å²) >= 11 is 0. The number of nitrogens with zero attached hydrogens (tertiary/aromatic N) is 3. The molecule has 4 aromatic rings. The Kier molecular flexibility index (Phi) is 5.72. The lowest BCUT2D eigenvalue weighted by molar-refractivity contribution is 0.222.